The Balaban J connectivity index is 2.23. The Morgan fingerprint density at radius 3 is 2.40 bits per heavy atom. The van der Waals surface area contributed by atoms with Gasteiger partial charge in [-0.05, 0) is 31.7 Å². The van der Waals surface area contributed by atoms with Crippen molar-refractivity contribution in [2.75, 3.05) is 0 Å². The largest absolute Gasteiger partial charge is 0.459 e. The maximum Gasteiger partial charge on any atom is 0.345 e. The van der Waals surface area contributed by atoms with Gasteiger partial charge in [0, 0.05) is 0 Å². The highest BCUT2D eigenvalue weighted by molar-refractivity contribution is 5.94. The van der Waals surface area contributed by atoms with E-state index in [1.807, 2.05) is 0 Å². The van der Waals surface area contributed by atoms with Crippen molar-refractivity contribution in [3.63, 3.8) is 0 Å². The van der Waals surface area contributed by atoms with Gasteiger partial charge in [-0.3, -0.25) is 10.1 Å². The van der Waals surface area contributed by atoms with Crippen molar-refractivity contribution in [2.45, 2.75) is 38.2 Å². The Hall–Kier alpha value is -2.05. The number of nitrogens with zero attached hydrogens (tertiary/aromatic N) is 1. The predicted octanol–water partition coefficient (Wildman–Crippen LogP) is 3.36. The van der Waals surface area contributed by atoms with Crippen molar-refractivity contribution in [1.82, 2.24) is 0 Å². The number of esters is 1. The van der Waals surface area contributed by atoms with Crippen LogP contribution >= 0.6 is 0 Å². The molecule has 1 fully saturated rings. The van der Waals surface area contributed by atoms with Gasteiger partial charge < -0.3 is 4.74 Å². The number of carbonyl (C=O) groups excluding carboxylic acids is 1. The maximum atomic E-state index is 13.2. The molecule has 2 rings (SSSR count). The summed E-state index contributed by atoms with van der Waals surface area (Å²) in [5.74, 6) is -3.67. The minimum atomic E-state index is -1.37. The number of halogens is 2. The first-order valence-corrected chi connectivity index (χ1v) is 6.33. The second-order valence-electron chi connectivity index (χ2n) is 4.71. The fraction of sp³-hybridized carbons (Fsp3) is 0.462. The summed E-state index contributed by atoms with van der Waals surface area (Å²) in [6.07, 6.45) is 3.94. The van der Waals surface area contributed by atoms with E-state index in [1.54, 1.807) is 0 Å². The zero-order chi connectivity index (χ0) is 14.7. The minimum absolute atomic E-state index is 0.316. The Morgan fingerprint density at radius 2 is 1.80 bits per heavy atom. The first kappa shape index (κ1) is 14.4. The van der Waals surface area contributed by atoms with Crippen LogP contribution in [0.15, 0.2) is 12.1 Å². The van der Waals surface area contributed by atoms with Crippen LogP contribution in [0.25, 0.3) is 0 Å². The molecule has 0 aliphatic heterocycles. The normalized spacial score (nSPS) is 15.9. The van der Waals surface area contributed by atoms with Gasteiger partial charge >= 0.3 is 5.97 Å². The van der Waals surface area contributed by atoms with Crippen LogP contribution in [0.3, 0.4) is 0 Å². The van der Waals surface area contributed by atoms with Gasteiger partial charge in [0.1, 0.15) is 11.7 Å². The quantitative estimate of drug-likeness (QED) is 0.485. The van der Waals surface area contributed by atoms with Crippen LogP contribution in [0.2, 0.25) is 0 Å². The van der Waals surface area contributed by atoms with Crippen molar-refractivity contribution >= 4 is 11.7 Å². The van der Waals surface area contributed by atoms with Gasteiger partial charge in [0.05, 0.1) is 11.0 Å². The molecule has 0 aromatic heterocycles. The van der Waals surface area contributed by atoms with E-state index in [0.717, 1.165) is 19.3 Å². The van der Waals surface area contributed by atoms with E-state index in [4.69, 9.17) is 4.74 Å². The van der Waals surface area contributed by atoms with Gasteiger partial charge in [-0.15, -0.1) is 0 Å². The van der Waals surface area contributed by atoms with Crippen molar-refractivity contribution < 1.29 is 23.2 Å². The van der Waals surface area contributed by atoms with Crippen LogP contribution < -0.4 is 0 Å². The molecule has 0 N–H and O–H groups in total. The highest BCUT2D eigenvalue weighted by Crippen LogP contribution is 2.26. The number of ether oxygens (including phenoxy) is 1. The first-order valence-electron chi connectivity index (χ1n) is 6.33. The number of nitro groups is 1. The molecule has 1 aliphatic rings. The summed E-state index contributed by atoms with van der Waals surface area (Å²) in [5, 5.41) is 10.8. The van der Waals surface area contributed by atoms with Crippen molar-refractivity contribution in [3.8, 4) is 0 Å². The van der Waals surface area contributed by atoms with Gasteiger partial charge in [-0.2, -0.15) is 0 Å². The average molecular weight is 285 g/mol. The van der Waals surface area contributed by atoms with Crippen LogP contribution in [-0.2, 0) is 4.74 Å². The summed E-state index contributed by atoms with van der Waals surface area (Å²) in [6.45, 7) is 0. The molecule has 1 aliphatic carbocycles. The van der Waals surface area contributed by atoms with E-state index < -0.39 is 33.8 Å². The molecule has 1 aromatic carbocycles. The van der Waals surface area contributed by atoms with E-state index in [0.29, 0.717) is 25.0 Å². The number of hydrogen-bond donors (Lipinski definition) is 0. The van der Waals surface area contributed by atoms with Crippen LogP contribution in [0, 0.1) is 21.7 Å². The van der Waals surface area contributed by atoms with Gasteiger partial charge in [-0.25, -0.2) is 13.6 Å². The second-order valence-corrected chi connectivity index (χ2v) is 4.71. The molecule has 20 heavy (non-hydrogen) atoms. The number of benzene rings is 1. The summed E-state index contributed by atoms with van der Waals surface area (Å²) in [5.41, 5.74) is -1.34. The lowest BCUT2D eigenvalue weighted by atomic mass is 9.98. The van der Waals surface area contributed by atoms with Gasteiger partial charge in [0.2, 0.25) is 0 Å². The van der Waals surface area contributed by atoms with Crippen molar-refractivity contribution in [3.05, 3.63) is 39.4 Å². The molecule has 5 nitrogen and oxygen atoms in total. The number of nitro benzene ring substituents is 1. The van der Waals surface area contributed by atoms with E-state index in [9.17, 15) is 23.7 Å². The fourth-order valence-corrected chi connectivity index (χ4v) is 2.25. The topological polar surface area (TPSA) is 69.4 Å². The Bertz CT molecular complexity index is 541. The number of hydrogen-bond acceptors (Lipinski definition) is 4. The zero-order valence-corrected chi connectivity index (χ0v) is 10.6. The van der Waals surface area contributed by atoms with Crippen molar-refractivity contribution in [2.24, 2.45) is 0 Å². The number of rotatable bonds is 3. The zero-order valence-electron chi connectivity index (χ0n) is 10.6. The molecule has 0 heterocycles. The second kappa shape index (κ2) is 5.94. The van der Waals surface area contributed by atoms with E-state index in [-0.39, 0.29) is 6.10 Å². The van der Waals surface area contributed by atoms with E-state index >= 15 is 0 Å². The summed E-state index contributed by atoms with van der Waals surface area (Å²) in [7, 11) is 0. The Morgan fingerprint density at radius 1 is 1.20 bits per heavy atom. The highest BCUT2D eigenvalue weighted by Gasteiger charge is 2.27. The standard InChI is InChI=1S/C13H13F2NO4/c14-10-6-9(12(16(18)19)7-11(10)15)13(17)20-8-4-2-1-3-5-8/h6-8H,1-5H2. The monoisotopic (exact) mass is 285 g/mol. The van der Waals surface area contributed by atoms with Crippen molar-refractivity contribution in [1.29, 1.82) is 0 Å². The molecule has 108 valence electrons. The molecule has 0 unspecified atom stereocenters. The highest BCUT2D eigenvalue weighted by atomic mass is 19.2. The molecule has 0 atom stereocenters. The van der Waals surface area contributed by atoms with Crippen LogP contribution in [-0.4, -0.2) is 17.0 Å². The Kier molecular flexibility index (Phi) is 4.26. The lowest BCUT2D eigenvalue weighted by Gasteiger charge is -2.21. The van der Waals surface area contributed by atoms with Gasteiger partial charge in [0.15, 0.2) is 11.6 Å². The summed E-state index contributed by atoms with van der Waals surface area (Å²) in [4.78, 5) is 21.7. The molecular weight excluding hydrogens is 272 g/mol. The minimum Gasteiger partial charge on any atom is -0.459 e. The molecule has 0 radical (unpaired) electrons. The average Bonchev–Trinajstić information content (AvgIpc) is 2.42. The third-order valence-corrected chi connectivity index (χ3v) is 3.28. The summed E-state index contributed by atoms with van der Waals surface area (Å²) in [6, 6.07) is 0.908. The third kappa shape index (κ3) is 3.09. The fourth-order valence-electron chi connectivity index (χ4n) is 2.25. The lowest BCUT2D eigenvalue weighted by Crippen LogP contribution is -2.21. The molecule has 0 saturated heterocycles. The van der Waals surface area contributed by atoms with Crippen LogP contribution in [0.1, 0.15) is 42.5 Å². The summed E-state index contributed by atoms with van der Waals surface area (Å²) < 4.78 is 31.3. The van der Waals surface area contributed by atoms with Gasteiger partial charge in [0.25, 0.3) is 5.69 Å². The molecule has 1 saturated carbocycles. The van der Waals surface area contributed by atoms with E-state index in [1.165, 1.54) is 0 Å². The smallest absolute Gasteiger partial charge is 0.345 e. The molecule has 1 aromatic rings. The maximum absolute atomic E-state index is 13.2. The molecule has 0 bridgehead atoms. The lowest BCUT2D eigenvalue weighted by molar-refractivity contribution is -0.385. The SMILES string of the molecule is O=C(OC1CCCCC1)c1cc(F)c(F)cc1[N+](=O)[O-]. The molecule has 0 spiro atoms. The molecule has 7 heteroatoms. The van der Waals surface area contributed by atoms with Gasteiger partial charge in [-0.1, -0.05) is 6.42 Å². The van der Waals surface area contributed by atoms with E-state index in [2.05, 4.69) is 0 Å². The third-order valence-electron chi connectivity index (χ3n) is 3.28. The Labute approximate surface area is 113 Å². The van der Waals surface area contributed by atoms with Crippen LogP contribution in [0.4, 0.5) is 14.5 Å². The molecule has 0 amide bonds. The molecular formula is C13H13F2NO4. The first-order chi connectivity index (χ1) is 9.49. The summed E-state index contributed by atoms with van der Waals surface area (Å²) >= 11 is 0. The number of carbonyl (C=O) groups is 1. The predicted molar refractivity (Wildman–Crippen MR) is 65.3 cm³/mol. The van der Waals surface area contributed by atoms with Crippen LogP contribution in [0.5, 0.6) is 0 Å².